The van der Waals surface area contributed by atoms with Gasteiger partial charge in [0.05, 0.1) is 0 Å². The molecule has 0 radical (unpaired) electrons. The van der Waals surface area contributed by atoms with Crippen molar-refractivity contribution in [3.05, 3.63) is 0 Å². The van der Waals surface area contributed by atoms with Crippen LogP contribution in [-0.4, -0.2) is 18.5 Å². The first-order valence-electron chi connectivity index (χ1n) is 4.94. The molecule has 0 aromatic heterocycles. The highest BCUT2D eigenvalue weighted by molar-refractivity contribution is 5.72. The van der Waals surface area contributed by atoms with Crippen LogP contribution in [0.5, 0.6) is 0 Å². The molecule has 0 unspecified atom stereocenters. The molecule has 0 bridgehead atoms. The van der Waals surface area contributed by atoms with E-state index in [4.69, 9.17) is 5.73 Å². The van der Waals surface area contributed by atoms with Gasteiger partial charge in [-0.05, 0) is 24.2 Å². The minimum atomic E-state index is 0.0521. The molecule has 2 atom stereocenters. The lowest BCUT2D eigenvalue weighted by Crippen LogP contribution is -2.40. The first-order valence-corrected chi connectivity index (χ1v) is 4.94. The first-order chi connectivity index (χ1) is 5.94. The van der Waals surface area contributed by atoms with Crippen molar-refractivity contribution in [1.29, 1.82) is 0 Å². The summed E-state index contributed by atoms with van der Waals surface area (Å²) in [7, 11) is 0. The first kappa shape index (κ1) is 10.5. The van der Waals surface area contributed by atoms with Crippen molar-refractivity contribution in [2.24, 2.45) is 17.1 Å². The fourth-order valence-corrected chi connectivity index (χ4v) is 2.06. The quantitative estimate of drug-likeness (QED) is 0.669. The lowest BCUT2D eigenvalue weighted by Gasteiger charge is -2.30. The molecule has 0 spiro atoms. The van der Waals surface area contributed by atoms with Gasteiger partial charge in [-0.2, -0.15) is 0 Å². The summed E-state index contributed by atoms with van der Waals surface area (Å²) in [6.07, 6.45) is 2.21. The van der Waals surface area contributed by atoms with Crippen LogP contribution >= 0.6 is 0 Å². The number of nitrogens with one attached hydrogen (secondary N) is 1. The van der Waals surface area contributed by atoms with Crippen molar-refractivity contribution in [3.63, 3.8) is 0 Å². The third-order valence-corrected chi connectivity index (χ3v) is 3.43. The minimum absolute atomic E-state index is 0.0521. The van der Waals surface area contributed by atoms with E-state index in [2.05, 4.69) is 19.2 Å². The van der Waals surface area contributed by atoms with Crippen LogP contribution in [0.25, 0.3) is 0 Å². The fraction of sp³-hybridized carbons (Fsp3) is 0.900. The molecule has 1 amide bonds. The molecule has 0 saturated heterocycles. The zero-order chi connectivity index (χ0) is 10.1. The van der Waals surface area contributed by atoms with E-state index in [0.717, 1.165) is 19.4 Å². The molecule has 3 nitrogen and oxygen atoms in total. The van der Waals surface area contributed by atoms with Crippen molar-refractivity contribution >= 4 is 5.91 Å². The lowest BCUT2D eigenvalue weighted by molar-refractivity contribution is -0.119. The van der Waals surface area contributed by atoms with E-state index in [1.54, 1.807) is 6.92 Å². The molecule has 1 fully saturated rings. The van der Waals surface area contributed by atoms with Gasteiger partial charge in [0, 0.05) is 19.5 Å². The number of rotatable bonds is 2. The summed E-state index contributed by atoms with van der Waals surface area (Å²) in [6.45, 7) is 6.71. The molecular formula is C10H20N2O. The largest absolute Gasteiger partial charge is 0.356 e. The monoisotopic (exact) mass is 184 g/mol. The number of hydrogen-bond donors (Lipinski definition) is 2. The summed E-state index contributed by atoms with van der Waals surface area (Å²) < 4.78 is 0. The van der Waals surface area contributed by atoms with Crippen LogP contribution in [0.3, 0.4) is 0 Å². The van der Waals surface area contributed by atoms with Crippen molar-refractivity contribution in [3.8, 4) is 0 Å². The number of carbonyl (C=O) groups is 1. The maximum absolute atomic E-state index is 10.8. The Morgan fingerprint density at radius 3 is 2.54 bits per heavy atom. The van der Waals surface area contributed by atoms with Crippen molar-refractivity contribution < 1.29 is 4.79 Å². The highest BCUT2D eigenvalue weighted by atomic mass is 16.1. The third kappa shape index (κ3) is 2.21. The second kappa shape index (κ2) is 3.66. The SMILES string of the molecule is CC(=O)NC[C@H]1CC[C@@H](N)C1(C)C. The van der Waals surface area contributed by atoms with Crippen LogP contribution in [0.1, 0.15) is 33.6 Å². The molecule has 1 aliphatic carbocycles. The van der Waals surface area contributed by atoms with Gasteiger partial charge in [0.25, 0.3) is 0 Å². The second-order valence-electron chi connectivity index (χ2n) is 4.64. The summed E-state index contributed by atoms with van der Waals surface area (Å²) in [6, 6.07) is 0.284. The predicted octanol–water partition coefficient (Wildman–Crippen LogP) is 0.886. The van der Waals surface area contributed by atoms with Gasteiger partial charge >= 0.3 is 0 Å². The lowest BCUT2D eigenvalue weighted by atomic mass is 9.79. The van der Waals surface area contributed by atoms with E-state index < -0.39 is 0 Å². The van der Waals surface area contributed by atoms with Crippen LogP contribution in [0.2, 0.25) is 0 Å². The Hall–Kier alpha value is -0.570. The molecule has 0 aliphatic heterocycles. The molecule has 13 heavy (non-hydrogen) atoms. The highest BCUT2D eigenvalue weighted by Gasteiger charge is 2.40. The van der Waals surface area contributed by atoms with Gasteiger partial charge in [-0.1, -0.05) is 13.8 Å². The fourth-order valence-electron chi connectivity index (χ4n) is 2.06. The van der Waals surface area contributed by atoms with Gasteiger partial charge in [-0.15, -0.1) is 0 Å². The van der Waals surface area contributed by atoms with Gasteiger partial charge in [0.1, 0.15) is 0 Å². The van der Waals surface area contributed by atoms with Gasteiger partial charge in [-0.3, -0.25) is 4.79 Å². The highest BCUT2D eigenvalue weighted by Crippen LogP contribution is 2.41. The number of nitrogens with two attached hydrogens (primary N) is 1. The number of carbonyl (C=O) groups excluding carboxylic acids is 1. The van der Waals surface area contributed by atoms with E-state index in [1.165, 1.54) is 0 Å². The smallest absolute Gasteiger partial charge is 0.216 e. The average molecular weight is 184 g/mol. The van der Waals surface area contributed by atoms with Gasteiger partial charge in [0.2, 0.25) is 5.91 Å². The molecule has 1 aliphatic rings. The topological polar surface area (TPSA) is 55.1 Å². The maximum atomic E-state index is 10.8. The van der Waals surface area contributed by atoms with Gasteiger partial charge in [-0.25, -0.2) is 0 Å². The Morgan fingerprint density at radius 1 is 1.54 bits per heavy atom. The summed E-state index contributed by atoms with van der Waals surface area (Å²) >= 11 is 0. The third-order valence-electron chi connectivity index (χ3n) is 3.43. The Labute approximate surface area is 80.1 Å². The molecule has 1 saturated carbocycles. The van der Waals surface area contributed by atoms with E-state index in [9.17, 15) is 4.79 Å². The van der Waals surface area contributed by atoms with Gasteiger partial charge < -0.3 is 11.1 Å². The number of hydrogen-bond acceptors (Lipinski definition) is 2. The zero-order valence-electron chi connectivity index (χ0n) is 8.76. The normalized spacial score (nSPS) is 31.7. The molecule has 76 valence electrons. The number of amides is 1. The molecular weight excluding hydrogens is 164 g/mol. The van der Waals surface area contributed by atoms with E-state index >= 15 is 0 Å². The Kier molecular flexibility index (Phi) is 2.96. The zero-order valence-corrected chi connectivity index (χ0v) is 8.76. The minimum Gasteiger partial charge on any atom is -0.356 e. The van der Waals surface area contributed by atoms with Crippen LogP contribution < -0.4 is 11.1 Å². The van der Waals surface area contributed by atoms with Crippen LogP contribution in [-0.2, 0) is 4.79 Å². The molecule has 3 heteroatoms. The predicted molar refractivity (Wildman–Crippen MR) is 53.2 cm³/mol. The summed E-state index contributed by atoms with van der Waals surface area (Å²) in [5.74, 6) is 0.586. The molecule has 1 rings (SSSR count). The summed E-state index contributed by atoms with van der Waals surface area (Å²) in [5.41, 5.74) is 6.17. The van der Waals surface area contributed by atoms with Gasteiger partial charge in [0.15, 0.2) is 0 Å². The van der Waals surface area contributed by atoms with Crippen molar-refractivity contribution in [2.45, 2.75) is 39.7 Å². The molecule has 0 aromatic carbocycles. The van der Waals surface area contributed by atoms with Crippen LogP contribution in [0.15, 0.2) is 0 Å². The van der Waals surface area contributed by atoms with Crippen molar-refractivity contribution in [2.75, 3.05) is 6.54 Å². The summed E-state index contributed by atoms with van der Waals surface area (Å²) in [5, 5.41) is 2.87. The molecule has 0 heterocycles. The Morgan fingerprint density at radius 2 is 2.15 bits per heavy atom. The van der Waals surface area contributed by atoms with E-state index in [0.29, 0.717) is 5.92 Å². The summed E-state index contributed by atoms with van der Waals surface area (Å²) in [4.78, 5) is 10.8. The maximum Gasteiger partial charge on any atom is 0.216 e. The van der Waals surface area contributed by atoms with Crippen molar-refractivity contribution in [1.82, 2.24) is 5.32 Å². The average Bonchev–Trinajstić information content (AvgIpc) is 2.25. The van der Waals surface area contributed by atoms with E-state index in [1.807, 2.05) is 0 Å². The second-order valence-corrected chi connectivity index (χ2v) is 4.64. The van der Waals surface area contributed by atoms with Crippen LogP contribution in [0.4, 0.5) is 0 Å². The Balaban J connectivity index is 2.47. The molecule has 3 N–H and O–H groups in total. The molecule has 0 aromatic rings. The van der Waals surface area contributed by atoms with E-state index in [-0.39, 0.29) is 17.4 Å². The van der Waals surface area contributed by atoms with Crippen LogP contribution in [0, 0.1) is 11.3 Å². The Bertz CT molecular complexity index is 201. The standard InChI is InChI=1S/C10H20N2O/c1-7(13)12-6-8-4-5-9(11)10(8,2)3/h8-9H,4-6,11H2,1-3H3,(H,12,13)/t8-,9-/m1/s1.